The number of nitrogens with zero attached hydrogens (tertiary/aromatic N) is 1. The molecule has 0 spiro atoms. The van der Waals surface area contributed by atoms with E-state index in [1.807, 2.05) is 0 Å². The SMILES string of the molecule is CC(C)=C(c1nc(C)cs1)C(F)(F)C(F)(F)F. The van der Waals surface area contributed by atoms with Gasteiger partial charge in [0.25, 0.3) is 0 Å². The number of thiazole rings is 1. The summed E-state index contributed by atoms with van der Waals surface area (Å²) in [6.07, 6.45) is -5.61. The van der Waals surface area contributed by atoms with Crippen molar-refractivity contribution in [2.45, 2.75) is 32.9 Å². The minimum atomic E-state index is -5.61. The standard InChI is InChI=1S/C10H10F5NS/c1-5(2)7(8-16-6(3)4-17-8)9(11,12)10(13,14)15/h4H,1-3H3. The molecule has 17 heavy (non-hydrogen) atoms. The molecule has 0 amide bonds. The predicted octanol–water partition coefficient (Wildman–Crippen LogP) is 4.44. The Hall–Kier alpha value is -0.980. The quantitative estimate of drug-likeness (QED) is 0.724. The zero-order valence-corrected chi connectivity index (χ0v) is 10.1. The Bertz CT molecular complexity index is 440. The number of halogens is 5. The molecule has 0 saturated heterocycles. The van der Waals surface area contributed by atoms with Gasteiger partial charge in [0.2, 0.25) is 0 Å². The van der Waals surface area contributed by atoms with Crippen LogP contribution in [0.5, 0.6) is 0 Å². The monoisotopic (exact) mass is 271 g/mol. The summed E-state index contributed by atoms with van der Waals surface area (Å²) in [5.74, 6) is -4.88. The van der Waals surface area contributed by atoms with Crippen molar-refractivity contribution in [3.05, 3.63) is 21.7 Å². The molecule has 0 radical (unpaired) electrons. The van der Waals surface area contributed by atoms with Crippen LogP contribution in [0.3, 0.4) is 0 Å². The number of allylic oxidation sites excluding steroid dienone is 2. The van der Waals surface area contributed by atoms with Crippen LogP contribution in [-0.4, -0.2) is 17.1 Å². The first-order chi connectivity index (χ1) is 7.57. The van der Waals surface area contributed by atoms with E-state index < -0.39 is 17.7 Å². The van der Waals surface area contributed by atoms with Gasteiger partial charge in [0.05, 0.1) is 5.57 Å². The summed E-state index contributed by atoms with van der Waals surface area (Å²) < 4.78 is 63.6. The number of aromatic nitrogens is 1. The van der Waals surface area contributed by atoms with Crippen molar-refractivity contribution in [3.63, 3.8) is 0 Å². The molecule has 1 nitrogen and oxygen atoms in total. The molecule has 1 aromatic heterocycles. The molecule has 0 N–H and O–H groups in total. The molecule has 0 atom stereocenters. The summed E-state index contributed by atoms with van der Waals surface area (Å²) in [5.41, 5.74) is -0.730. The predicted molar refractivity (Wildman–Crippen MR) is 56.1 cm³/mol. The summed E-state index contributed by atoms with van der Waals surface area (Å²) in [6, 6.07) is 0. The van der Waals surface area contributed by atoms with Crippen LogP contribution in [-0.2, 0) is 0 Å². The second kappa shape index (κ2) is 4.36. The number of hydrogen-bond donors (Lipinski definition) is 0. The van der Waals surface area contributed by atoms with E-state index in [1.54, 1.807) is 0 Å². The number of alkyl halides is 5. The maximum absolute atomic E-state index is 13.3. The van der Waals surface area contributed by atoms with E-state index in [0.717, 1.165) is 11.3 Å². The lowest BCUT2D eigenvalue weighted by Crippen LogP contribution is -2.38. The zero-order valence-electron chi connectivity index (χ0n) is 9.32. The Labute approximate surface area is 99.0 Å². The normalized spacial score (nSPS) is 12.7. The fraction of sp³-hybridized carbons (Fsp3) is 0.500. The molecule has 1 aromatic rings. The van der Waals surface area contributed by atoms with Crippen LogP contribution < -0.4 is 0 Å². The van der Waals surface area contributed by atoms with Crippen molar-refractivity contribution < 1.29 is 22.0 Å². The summed E-state index contributed by atoms with van der Waals surface area (Å²) in [4.78, 5) is 3.69. The van der Waals surface area contributed by atoms with Crippen molar-refractivity contribution in [2.75, 3.05) is 0 Å². The molecular formula is C10H10F5NS. The molecule has 0 bridgehead atoms. The maximum Gasteiger partial charge on any atom is 0.458 e. The third kappa shape index (κ3) is 2.65. The van der Waals surface area contributed by atoms with Gasteiger partial charge in [-0.2, -0.15) is 22.0 Å². The van der Waals surface area contributed by atoms with Gasteiger partial charge < -0.3 is 0 Å². The molecular weight excluding hydrogens is 261 g/mol. The second-order valence-corrected chi connectivity index (χ2v) is 4.60. The lowest BCUT2D eigenvalue weighted by atomic mass is 10.0. The van der Waals surface area contributed by atoms with Gasteiger partial charge >= 0.3 is 12.1 Å². The van der Waals surface area contributed by atoms with E-state index in [4.69, 9.17) is 0 Å². The lowest BCUT2D eigenvalue weighted by molar-refractivity contribution is -0.254. The number of rotatable bonds is 2. The lowest BCUT2D eigenvalue weighted by Gasteiger charge is -2.22. The topological polar surface area (TPSA) is 12.9 Å². The van der Waals surface area contributed by atoms with Crippen molar-refractivity contribution in [2.24, 2.45) is 0 Å². The largest absolute Gasteiger partial charge is 0.458 e. The summed E-state index contributed by atoms with van der Waals surface area (Å²) in [7, 11) is 0. The summed E-state index contributed by atoms with van der Waals surface area (Å²) in [6.45, 7) is 3.96. The maximum atomic E-state index is 13.3. The first kappa shape index (κ1) is 14.1. The molecule has 1 rings (SSSR count). The zero-order chi connectivity index (χ0) is 13.4. The van der Waals surface area contributed by atoms with Gasteiger partial charge in [-0.1, -0.05) is 5.57 Å². The van der Waals surface area contributed by atoms with Crippen LogP contribution in [0.25, 0.3) is 5.57 Å². The van der Waals surface area contributed by atoms with Gasteiger partial charge in [0, 0.05) is 11.1 Å². The van der Waals surface area contributed by atoms with Crippen LogP contribution in [0.4, 0.5) is 22.0 Å². The molecule has 96 valence electrons. The molecule has 0 fully saturated rings. The van der Waals surface area contributed by atoms with Gasteiger partial charge in [0.1, 0.15) is 5.01 Å². The van der Waals surface area contributed by atoms with Crippen LogP contribution in [0.15, 0.2) is 11.0 Å². The third-order valence-corrected chi connectivity index (χ3v) is 2.98. The van der Waals surface area contributed by atoms with E-state index in [1.165, 1.54) is 26.2 Å². The van der Waals surface area contributed by atoms with E-state index in [-0.39, 0.29) is 10.6 Å². The van der Waals surface area contributed by atoms with Crippen LogP contribution >= 0.6 is 11.3 Å². The van der Waals surface area contributed by atoms with Crippen molar-refractivity contribution >= 4 is 16.9 Å². The Morgan fingerprint density at radius 1 is 1.18 bits per heavy atom. The molecule has 0 aliphatic carbocycles. The van der Waals surface area contributed by atoms with Crippen LogP contribution in [0, 0.1) is 6.92 Å². The Balaban J connectivity index is 3.36. The van der Waals surface area contributed by atoms with E-state index in [2.05, 4.69) is 4.98 Å². The first-order valence-electron chi connectivity index (χ1n) is 4.62. The highest BCUT2D eigenvalue weighted by Gasteiger charge is 2.61. The molecule has 1 heterocycles. The van der Waals surface area contributed by atoms with Crippen LogP contribution in [0.1, 0.15) is 24.5 Å². The molecule has 0 aliphatic heterocycles. The fourth-order valence-electron chi connectivity index (χ4n) is 1.27. The Kier molecular flexibility index (Phi) is 3.61. The smallest absolute Gasteiger partial charge is 0.242 e. The fourth-order valence-corrected chi connectivity index (χ4v) is 2.25. The number of aryl methyl sites for hydroxylation is 1. The summed E-state index contributed by atoms with van der Waals surface area (Å²) >= 11 is 0.780. The average molecular weight is 271 g/mol. The van der Waals surface area contributed by atoms with Crippen molar-refractivity contribution in [3.8, 4) is 0 Å². The molecule has 0 unspecified atom stereocenters. The molecule has 0 aromatic carbocycles. The van der Waals surface area contributed by atoms with Crippen molar-refractivity contribution in [1.82, 2.24) is 4.98 Å². The highest BCUT2D eigenvalue weighted by atomic mass is 32.1. The van der Waals surface area contributed by atoms with Gasteiger partial charge in [-0.3, -0.25) is 0 Å². The molecule has 0 aliphatic rings. The van der Waals surface area contributed by atoms with Crippen molar-refractivity contribution in [1.29, 1.82) is 0 Å². The van der Waals surface area contributed by atoms with E-state index >= 15 is 0 Å². The third-order valence-electron chi connectivity index (χ3n) is 2.00. The minimum absolute atomic E-state index is 0.0957. The van der Waals surface area contributed by atoms with E-state index in [9.17, 15) is 22.0 Å². The molecule has 0 saturated carbocycles. The number of hydrogen-bond acceptors (Lipinski definition) is 2. The average Bonchev–Trinajstić information content (AvgIpc) is 2.48. The minimum Gasteiger partial charge on any atom is -0.242 e. The highest BCUT2D eigenvalue weighted by molar-refractivity contribution is 7.10. The van der Waals surface area contributed by atoms with Gasteiger partial charge in [-0.05, 0) is 20.8 Å². The van der Waals surface area contributed by atoms with Gasteiger partial charge in [-0.25, -0.2) is 4.98 Å². The highest BCUT2D eigenvalue weighted by Crippen LogP contribution is 2.47. The van der Waals surface area contributed by atoms with Crippen LogP contribution in [0.2, 0.25) is 0 Å². The Morgan fingerprint density at radius 3 is 2.00 bits per heavy atom. The van der Waals surface area contributed by atoms with Gasteiger partial charge in [0.15, 0.2) is 0 Å². The van der Waals surface area contributed by atoms with Gasteiger partial charge in [-0.15, -0.1) is 11.3 Å². The first-order valence-corrected chi connectivity index (χ1v) is 5.50. The Morgan fingerprint density at radius 2 is 1.71 bits per heavy atom. The van der Waals surface area contributed by atoms with E-state index in [0.29, 0.717) is 5.69 Å². The molecule has 7 heteroatoms. The summed E-state index contributed by atoms with van der Waals surface area (Å²) in [5, 5.41) is 1.15. The second-order valence-electron chi connectivity index (χ2n) is 3.74.